The summed E-state index contributed by atoms with van der Waals surface area (Å²) < 4.78 is 26.4. The summed E-state index contributed by atoms with van der Waals surface area (Å²) in [4.78, 5) is 21.2. The summed E-state index contributed by atoms with van der Waals surface area (Å²) in [7, 11) is -3.99. The van der Waals surface area contributed by atoms with Crippen molar-refractivity contribution in [1.29, 1.82) is 0 Å². The molecule has 1 rings (SSSR count). The van der Waals surface area contributed by atoms with Gasteiger partial charge in [0.2, 0.25) is 15.9 Å². The Hall–Kier alpha value is -2.13. The highest BCUT2D eigenvalue weighted by molar-refractivity contribution is 7.89. The standard InChI is InChI=1S/C12H17N3O5S/c13-8-4-5-9(12(17)18)10(7-8)21(19,20)15-6-2-1-3-11(14)16/h4-5,7,15H,1-3,6,13H2,(H2,14,16)(H,17,18). The number of aromatic carboxylic acids is 1. The van der Waals surface area contributed by atoms with Crippen LogP contribution in [0.5, 0.6) is 0 Å². The fourth-order valence-corrected chi connectivity index (χ4v) is 2.95. The van der Waals surface area contributed by atoms with E-state index in [1.54, 1.807) is 0 Å². The summed E-state index contributed by atoms with van der Waals surface area (Å²) in [5, 5.41) is 9.01. The van der Waals surface area contributed by atoms with Gasteiger partial charge in [-0.1, -0.05) is 0 Å². The largest absolute Gasteiger partial charge is 0.478 e. The number of carboxylic acid groups (broad SMARTS) is 1. The zero-order chi connectivity index (χ0) is 16.0. The molecule has 1 amide bonds. The van der Waals surface area contributed by atoms with Crippen molar-refractivity contribution in [2.24, 2.45) is 5.73 Å². The molecule has 0 aliphatic carbocycles. The quantitative estimate of drug-likeness (QED) is 0.388. The van der Waals surface area contributed by atoms with E-state index >= 15 is 0 Å². The van der Waals surface area contributed by atoms with Gasteiger partial charge in [-0.25, -0.2) is 17.9 Å². The molecule has 0 aliphatic rings. The molecular formula is C12H17N3O5S. The van der Waals surface area contributed by atoms with Crippen LogP contribution < -0.4 is 16.2 Å². The Morgan fingerprint density at radius 1 is 1.24 bits per heavy atom. The van der Waals surface area contributed by atoms with E-state index in [1.807, 2.05) is 0 Å². The normalized spacial score (nSPS) is 11.2. The third kappa shape index (κ3) is 5.04. The summed E-state index contributed by atoms with van der Waals surface area (Å²) in [6.45, 7) is 0.0729. The predicted molar refractivity (Wildman–Crippen MR) is 76.0 cm³/mol. The number of unbranched alkanes of at least 4 members (excludes halogenated alkanes) is 1. The van der Waals surface area contributed by atoms with Crippen molar-refractivity contribution in [2.75, 3.05) is 12.3 Å². The Morgan fingerprint density at radius 3 is 2.48 bits per heavy atom. The van der Waals surface area contributed by atoms with Crippen LogP contribution in [0.4, 0.5) is 5.69 Å². The lowest BCUT2D eigenvalue weighted by atomic mass is 10.2. The van der Waals surface area contributed by atoms with Crippen molar-refractivity contribution in [3.63, 3.8) is 0 Å². The number of anilines is 1. The van der Waals surface area contributed by atoms with E-state index in [0.29, 0.717) is 12.8 Å². The molecule has 21 heavy (non-hydrogen) atoms. The van der Waals surface area contributed by atoms with Crippen LogP contribution in [-0.4, -0.2) is 31.9 Å². The predicted octanol–water partition coefficient (Wildman–Crippen LogP) is -0.0991. The number of nitrogens with two attached hydrogens (primary N) is 2. The lowest BCUT2D eigenvalue weighted by Crippen LogP contribution is -2.27. The van der Waals surface area contributed by atoms with Gasteiger partial charge in [-0.15, -0.1) is 0 Å². The van der Waals surface area contributed by atoms with Crippen molar-refractivity contribution in [3.8, 4) is 0 Å². The van der Waals surface area contributed by atoms with E-state index in [2.05, 4.69) is 4.72 Å². The maximum Gasteiger partial charge on any atom is 0.337 e. The van der Waals surface area contributed by atoms with Gasteiger partial charge < -0.3 is 16.6 Å². The van der Waals surface area contributed by atoms with Gasteiger partial charge in [0.05, 0.1) is 10.5 Å². The Kier molecular flexibility index (Phi) is 5.68. The first-order valence-electron chi connectivity index (χ1n) is 6.15. The number of hydrogen-bond donors (Lipinski definition) is 4. The highest BCUT2D eigenvalue weighted by Gasteiger charge is 2.22. The molecule has 6 N–H and O–H groups in total. The summed E-state index contributed by atoms with van der Waals surface area (Å²) >= 11 is 0. The smallest absolute Gasteiger partial charge is 0.337 e. The van der Waals surface area contributed by atoms with E-state index < -0.39 is 21.9 Å². The monoisotopic (exact) mass is 315 g/mol. The first-order chi connectivity index (χ1) is 9.74. The van der Waals surface area contributed by atoms with Gasteiger partial charge in [0.15, 0.2) is 0 Å². The number of nitrogens with one attached hydrogen (secondary N) is 1. The summed E-state index contributed by atoms with van der Waals surface area (Å²) in [6, 6.07) is 3.55. The second-order valence-corrected chi connectivity index (χ2v) is 6.12. The molecular weight excluding hydrogens is 298 g/mol. The van der Waals surface area contributed by atoms with E-state index in [9.17, 15) is 18.0 Å². The van der Waals surface area contributed by atoms with Crippen molar-refractivity contribution in [1.82, 2.24) is 4.72 Å². The first-order valence-corrected chi connectivity index (χ1v) is 7.63. The number of sulfonamides is 1. The Balaban J connectivity index is 2.81. The Morgan fingerprint density at radius 2 is 1.90 bits per heavy atom. The molecule has 0 saturated heterocycles. The van der Waals surface area contributed by atoms with Gasteiger partial charge in [0.1, 0.15) is 0 Å². The minimum atomic E-state index is -3.99. The topological polar surface area (TPSA) is 153 Å². The lowest BCUT2D eigenvalue weighted by Gasteiger charge is -2.10. The van der Waals surface area contributed by atoms with E-state index in [0.717, 1.165) is 12.1 Å². The molecule has 0 saturated carbocycles. The van der Waals surface area contributed by atoms with Crippen LogP contribution in [0, 0.1) is 0 Å². The maximum absolute atomic E-state index is 12.1. The van der Waals surface area contributed by atoms with Crippen molar-refractivity contribution >= 4 is 27.6 Å². The number of carboxylic acids is 1. The molecule has 0 bridgehead atoms. The van der Waals surface area contributed by atoms with Gasteiger partial charge in [0.25, 0.3) is 0 Å². The van der Waals surface area contributed by atoms with Crippen LogP contribution in [-0.2, 0) is 14.8 Å². The highest BCUT2D eigenvalue weighted by atomic mass is 32.2. The van der Waals surface area contributed by atoms with Crippen LogP contribution in [0.25, 0.3) is 0 Å². The molecule has 0 unspecified atom stereocenters. The van der Waals surface area contributed by atoms with Crippen LogP contribution in [0.3, 0.4) is 0 Å². The van der Waals surface area contributed by atoms with Crippen LogP contribution in [0.2, 0.25) is 0 Å². The summed E-state index contributed by atoms with van der Waals surface area (Å²) in [6.07, 6.45) is 1.02. The van der Waals surface area contributed by atoms with Gasteiger partial charge in [0, 0.05) is 18.7 Å². The molecule has 8 nitrogen and oxygen atoms in total. The highest BCUT2D eigenvalue weighted by Crippen LogP contribution is 2.19. The fraction of sp³-hybridized carbons (Fsp3) is 0.333. The molecule has 0 aromatic heterocycles. The average molecular weight is 315 g/mol. The average Bonchev–Trinajstić information content (AvgIpc) is 2.37. The molecule has 0 fully saturated rings. The third-order valence-corrected chi connectivity index (χ3v) is 4.17. The number of rotatable bonds is 8. The molecule has 0 heterocycles. The van der Waals surface area contributed by atoms with Crippen LogP contribution in [0.15, 0.2) is 23.1 Å². The molecule has 1 aromatic carbocycles. The van der Waals surface area contributed by atoms with Gasteiger partial charge >= 0.3 is 5.97 Å². The Bertz CT molecular complexity index is 642. The third-order valence-electron chi connectivity index (χ3n) is 2.67. The molecule has 0 aliphatic heterocycles. The van der Waals surface area contributed by atoms with E-state index in [1.165, 1.54) is 6.07 Å². The van der Waals surface area contributed by atoms with E-state index in [4.69, 9.17) is 16.6 Å². The number of primary amides is 1. The second kappa shape index (κ2) is 7.04. The van der Waals surface area contributed by atoms with Crippen molar-refractivity contribution in [2.45, 2.75) is 24.2 Å². The molecule has 9 heteroatoms. The minimum absolute atomic E-state index is 0.0729. The van der Waals surface area contributed by atoms with Crippen LogP contribution in [0.1, 0.15) is 29.6 Å². The SMILES string of the molecule is NC(=O)CCCCNS(=O)(=O)c1cc(N)ccc1C(=O)O. The van der Waals surface area contributed by atoms with Gasteiger partial charge in [-0.2, -0.15) is 0 Å². The summed E-state index contributed by atoms with van der Waals surface area (Å²) in [5.41, 5.74) is 10.3. The van der Waals surface area contributed by atoms with Gasteiger partial charge in [-0.05, 0) is 31.0 Å². The number of benzene rings is 1. The zero-order valence-corrected chi connectivity index (χ0v) is 12.0. The minimum Gasteiger partial charge on any atom is -0.478 e. The molecule has 1 aromatic rings. The number of amides is 1. The number of nitrogen functional groups attached to an aromatic ring is 1. The molecule has 0 radical (unpaired) electrons. The number of hydrogen-bond acceptors (Lipinski definition) is 5. The first kappa shape index (κ1) is 16.9. The fourth-order valence-electron chi connectivity index (χ4n) is 1.65. The zero-order valence-electron chi connectivity index (χ0n) is 11.2. The molecule has 116 valence electrons. The second-order valence-electron chi connectivity index (χ2n) is 4.38. The van der Waals surface area contributed by atoms with Crippen molar-refractivity contribution in [3.05, 3.63) is 23.8 Å². The number of carbonyl (C=O) groups is 2. The van der Waals surface area contributed by atoms with Crippen LogP contribution >= 0.6 is 0 Å². The maximum atomic E-state index is 12.1. The van der Waals surface area contributed by atoms with Gasteiger partial charge in [-0.3, -0.25) is 4.79 Å². The van der Waals surface area contributed by atoms with Crippen molar-refractivity contribution < 1.29 is 23.1 Å². The molecule has 0 spiro atoms. The number of carbonyl (C=O) groups excluding carboxylic acids is 1. The lowest BCUT2D eigenvalue weighted by molar-refractivity contribution is -0.118. The molecule has 0 atom stereocenters. The Labute approximate surface area is 122 Å². The van der Waals surface area contributed by atoms with E-state index in [-0.39, 0.29) is 29.1 Å². The summed E-state index contributed by atoms with van der Waals surface area (Å²) in [5.74, 6) is -1.81.